The predicted molar refractivity (Wildman–Crippen MR) is 93.7 cm³/mol. The Kier molecular flexibility index (Phi) is 5.33. The lowest BCUT2D eigenvalue weighted by atomic mass is 10.1. The molecule has 10 heteroatoms. The van der Waals surface area contributed by atoms with E-state index in [9.17, 15) is 22.8 Å². The molecule has 1 unspecified atom stereocenters. The van der Waals surface area contributed by atoms with E-state index in [0.717, 1.165) is 6.42 Å². The van der Waals surface area contributed by atoms with Gasteiger partial charge >= 0.3 is 12.1 Å². The number of benzene rings is 1. The van der Waals surface area contributed by atoms with Crippen molar-refractivity contribution in [2.24, 2.45) is 5.73 Å². The average Bonchev–Trinajstić information content (AvgIpc) is 3.03. The number of carbonyl (C=O) groups is 2. The first kappa shape index (κ1) is 20.1. The maximum Gasteiger partial charge on any atom is 0.497 e. The van der Waals surface area contributed by atoms with Crippen molar-refractivity contribution in [2.75, 3.05) is 13.1 Å². The molecule has 2 aromatic rings. The second kappa shape index (κ2) is 7.42. The molecule has 1 saturated heterocycles. The summed E-state index contributed by atoms with van der Waals surface area (Å²) in [5, 5.41) is 5.07. The zero-order chi connectivity index (χ0) is 20.5. The number of piperidine rings is 1. The molecule has 1 atom stereocenters. The van der Waals surface area contributed by atoms with E-state index in [1.54, 1.807) is 36.0 Å². The molecule has 0 radical (unpaired) electrons. The summed E-state index contributed by atoms with van der Waals surface area (Å²) in [7, 11) is 0. The molecule has 1 amide bonds. The van der Waals surface area contributed by atoms with Gasteiger partial charge in [0.05, 0.1) is 12.1 Å². The molecule has 1 aromatic carbocycles. The molecule has 3 rings (SSSR count). The summed E-state index contributed by atoms with van der Waals surface area (Å²) in [6, 6.07) is 4.56. The van der Waals surface area contributed by atoms with E-state index in [2.05, 4.69) is 5.10 Å². The first-order valence-corrected chi connectivity index (χ1v) is 9.06. The second-order valence-corrected chi connectivity index (χ2v) is 7.14. The Morgan fingerprint density at radius 1 is 1.29 bits per heavy atom. The van der Waals surface area contributed by atoms with Crippen LogP contribution in [-0.2, 0) is 16.2 Å². The van der Waals surface area contributed by atoms with Crippen LogP contribution in [0.15, 0.2) is 24.4 Å². The van der Waals surface area contributed by atoms with Gasteiger partial charge in [-0.1, -0.05) is 12.1 Å². The monoisotopic (exact) mass is 399 g/mol. The fourth-order valence-electron chi connectivity index (χ4n) is 3.69. The van der Waals surface area contributed by atoms with Gasteiger partial charge < -0.3 is 5.73 Å². The first-order valence-electron chi connectivity index (χ1n) is 9.06. The Bertz CT molecular complexity index is 888. The molecule has 7 nitrogen and oxygen atoms in total. The van der Waals surface area contributed by atoms with Gasteiger partial charge in [0.1, 0.15) is 24.6 Å². The van der Waals surface area contributed by atoms with E-state index in [1.165, 1.54) is 0 Å². The molecule has 1 fully saturated rings. The van der Waals surface area contributed by atoms with Crippen LogP contribution in [0.25, 0.3) is 10.9 Å². The summed E-state index contributed by atoms with van der Waals surface area (Å²) >= 11 is 0. The zero-order valence-corrected chi connectivity index (χ0v) is 15.4. The number of hydrogen-bond donors (Lipinski definition) is 1. The summed E-state index contributed by atoms with van der Waals surface area (Å²) in [6.45, 7) is 2.58. The Labute approximate surface area is 159 Å². The van der Waals surface area contributed by atoms with Gasteiger partial charge in [-0.3, -0.25) is 14.3 Å². The Hall–Kier alpha value is -2.62. The van der Waals surface area contributed by atoms with Crippen LogP contribution in [0, 0.1) is 0 Å². The highest BCUT2D eigenvalue weighted by Gasteiger charge is 2.50. The minimum Gasteiger partial charge on any atom is -0.366 e. The van der Waals surface area contributed by atoms with E-state index < -0.39 is 28.7 Å². The topological polar surface area (TPSA) is 87.2 Å². The number of aromatic nitrogens is 2. The van der Waals surface area contributed by atoms with Crippen LogP contribution in [-0.4, -0.2) is 51.6 Å². The minimum absolute atomic E-state index is 0.220. The van der Waals surface area contributed by atoms with Crippen LogP contribution < -0.4 is 5.73 Å². The molecule has 2 N–H and O–H groups in total. The molecule has 1 aliphatic rings. The minimum atomic E-state index is -5.04. The van der Waals surface area contributed by atoms with E-state index in [1.807, 2.05) is 0 Å². The number of hydrogen-bond acceptors (Lipinski definition) is 4. The standard InChI is InChI=1S/C18H21F3N4O3/c1-12(25(8-3-2-4-9-25)28-17(27)18(19,20)21)10-24-11-13-6-5-7-14(16(22)26)15(13)23-24/h5-7,11-12H,2-4,8-10H2,1H3,(H-,22,26)/p+1. The lowest BCUT2D eigenvalue weighted by Crippen LogP contribution is -2.60. The third-order valence-electron chi connectivity index (χ3n) is 5.17. The van der Waals surface area contributed by atoms with Gasteiger partial charge in [0, 0.05) is 24.4 Å². The lowest BCUT2D eigenvalue weighted by molar-refractivity contribution is -1.11. The summed E-state index contributed by atoms with van der Waals surface area (Å²) in [6.07, 6.45) is -1.13. The highest BCUT2D eigenvalue weighted by molar-refractivity contribution is 6.04. The van der Waals surface area contributed by atoms with Crippen molar-refractivity contribution in [3.05, 3.63) is 30.0 Å². The van der Waals surface area contributed by atoms with Crippen molar-refractivity contribution in [3.8, 4) is 0 Å². The number of rotatable bonds is 5. The van der Waals surface area contributed by atoms with E-state index >= 15 is 0 Å². The van der Waals surface area contributed by atoms with Gasteiger partial charge in [0.15, 0.2) is 0 Å². The summed E-state index contributed by atoms with van der Waals surface area (Å²) in [4.78, 5) is 28.1. The molecular weight excluding hydrogens is 377 g/mol. The van der Waals surface area contributed by atoms with Crippen molar-refractivity contribution in [2.45, 2.75) is 44.9 Å². The normalized spacial score (nSPS) is 18.0. The molecule has 1 aromatic heterocycles. The number of fused-ring (bicyclic) bond motifs is 1. The second-order valence-electron chi connectivity index (χ2n) is 7.14. The Morgan fingerprint density at radius 3 is 2.57 bits per heavy atom. The van der Waals surface area contributed by atoms with Crippen LogP contribution in [0.2, 0.25) is 0 Å². The maximum absolute atomic E-state index is 12.8. The largest absolute Gasteiger partial charge is 0.497 e. The number of nitrogens with two attached hydrogens (primary N) is 1. The van der Waals surface area contributed by atoms with Gasteiger partial charge in [-0.05, 0) is 19.4 Å². The van der Waals surface area contributed by atoms with E-state index in [4.69, 9.17) is 10.6 Å². The van der Waals surface area contributed by atoms with E-state index in [-0.39, 0.29) is 12.1 Å². The number of likely N-dealkylation sites (tertiary alicyclic amines) is 1. The number of primary amides is 1. The molecular formula is C18H22F3N4O3+. The average molecular weight is 399 g/mol. The predicted octanol–water partition coefficient (Wildman–Crippen LogP) is 2.54. The molecule has 0 spiro atoms. The number of amides is 1. The van der Waals surface area contributed by atoms with Gasteiger partial charge in [0.2, 0.25) is 0 Å². The molecule has 28 heavy (non-hydrogen) atoms. The van der Waals surface area contributed by atoms with Crippen LogP contribution in [0.4, 0.5) is 13.2 Å². The molecule has 1 aliphatic heterocycles. The number of halogens is 3. The Morgan fingerprint density at radius 2 is 1.96 bits per heavy atom. The highest BCUT2D eigenvalue weighted by atomic mass is 19.4. The van der Waals surface area contributed by atoms with E-state index in [0.29, 0.717) is 36.8 Å². The highest BCUT2D eigenvalue weighted by Crippen LogP contribution is 2.29. The van der Waals surface area contributed by atoms with Crippen LogP contribution in [0.1, 0.15) is 36.5 Å². The fraction of sp³-hybridized carbons (Fsp3) is 0.500. The van der Waals surface area contributed by atoms with Gasteiger partial charge in [-0.2, -0.15) is 18.3 Å². The number of nitrogens with zero attached hydrogens (tertiary/aromatic N) is 3. The first-order chi connectivity index (χ1) is 13.1. The third-order valence-corrected chi connectivity index (χ3v) is 5.17. The molecule has 0 aliphatic carbocycles. The van der Waals surface area contributed by atoms with Crippen LogP contribution >= 0.6 is 0 Å². The molecule has 2 heterocycles. The smallest absolute Gasteiger partial charge is 0.366 e. The summed E-state index contributed by atoms with van der Waals surface area (Å²) < 4.78 is 39.5. The van der Waals surface area contributed by atoms with Crippen LogP contribution in [0.5, 0.6) is 0 Å². The van der Waals surface area contributed by atoms with Gasteiger partial charge in [0.25, 0.3) is 5.91 Å². The van der Waals surface area contributed by atoms with Crippen molar-refractivity contribution >= 4 is 22.8 Å². The zero-order valence-electron chi connectivity index (χ0n) is 15.4. The summed E-state index contributed by atoms with van der Waals surface area (Å²) in [5.74, 6) is -2.79. The van der Waals surface area contributed by atoms with Gasteiger partial charge in [-0.25, -0.2) is 4.79 Å². The lowest BCUT2D eigenvalue weighted by Gasteiger charge is -2.41. The molecule has 0 bridgehead atoms. The number of hydroxylamine groups is 3. The Balaban J connectivity index is 1.87. The quantitative estimate of drug-likeness (QED) is 0.783. The van der Waals surface area contributed by atoms with Crippen molar-refractivity contribution in [1.29, 1.82) is 0 Å². The summed E-state index contributed by atoms with van der Waals surface area (Å²) in [5.41, 5.74) is 6.07. The fourth-order valence-corrected chi connectivity index (χ4v) is 3.69. The number of carbonyl (C=O) groups excluding carboxylic acids is 2. The molecule has 152 valence electrons. The third kappa shape index (κ3) is 3.96. The van der Waals surface area contributed by atoms with Crippen molar-refractivity contribution in [1.82, 2.24) is 9.78 Å². The molecule has 0 saturated carbocycles. The van der Waals surface area contributed by atoms with Gasteiger partial charge in [-0.15, -0.1) is 4.65 Å². The number of alkyl halides is 3. The maximum atomic E-state index is 12.8. The van der Waals surface area contributed by atoms with Crippen molar-refractivity contribution in [3.63, 3.8) is 0 Å². The van der Waals surface area contributed by atoms with Crippen molar-refractivity contribution < 1.29 is 32.2 Å². The number of quaternary nitrogens is 1. The van der Waals surface area contributed by atoms with Crippen LogP contribution in [0.3, 0.4) is 0 Å². The SMILES string of the molecule is CC(Cn1cc2cccc(C(N)=O)c2n1)[N+]1(OC(=O)C(F)(F)F)CCCCC1.